The number of nitrogens with zero attached hydrogens (tertiary/aromatic N) is 2. The van der Waals surface area contributed by atoms with E-state index in [1.807, 2.05) is 0 Å². The molecule has 1 aromatic carbocycles. The number of anilines is 1. The molecule has 56 valence electrons. The highest BCUT2D eigenvalue weighted by atomic mass is 16.3. The van der Waals surface area contributed by atoms with Gasteiger partial charge in [0, 0.05) is 0 Å². The van der Waals surface area contributed by atoms with Gasteiger partial charge in [0.05, 0.1) is 5.69 Å². The van der Waals surface area contributed by atoms with Crippen LogP contribution in [0, 0.1) is 9.81 Å². The van der Waals surface area contributed by atoms with Crippen molar-refractivity contribution in [3.05, 3.63) is 28.0 Å². The summed E-state index contributed by atoms with van der Waals surface area (Å²) in [7, 11) is 0. The van der Waals surface area contributed by atoms with Crippen LogP contribution in [0.1, 0.15) is 0 Å². The van der Waals surface area contributed by atoms with Crippen LogP contribution in [0.2, 0.25) is 0 Å². The maximum atomic E-state index is 10.0. The summed E-state index contributed by atoms with van der Waals surface area (Å²) in [4.78, 5) is 20.0. The molecule has 0 aliphatic rings. The highest BCUT2D eigenvalue weighted by molar-refractivity contribution is 5.75. The average Bonchev–Trinajstić information content (AvgIpc) is 2.05. The zero-order chi connectivity index (χ0) is 8.27. The predicted octanol–water partition coefficient (Wildman–Crippen LogP) is 2.06. The highest BCUT2D eigenvalue weighted by Crippen LogP contribution is 2.30. The van der Waals surface area contributed by atoms with Crippen LogP contribution in [0.5, 0.6) is 0 Å². The Morgan fingerprint density at radius 2 is 1.55 bits per heavy atom. The lowest BCUT2D eigenvalue weighted by atomic mass is 10.2. The number of nitrogen functional groups attached to an aromatic ring is 1. The molecule has 5 nitrogen and oxygen atoms in total. The van der Waals surface area contributed by atoms with Gasteiger partial charge in [-0.15, -0.1) is 9.81 Å². The molecule has 1 aromatic rings. The topological polar surface area (TPSA) is 84.9 Å². The lowest BCUT2D eigenvalue weighted by Crippen LogP contribution is -1.84. The molecular formula is C6H5N3O2. The Bertz CT molecular complexity index is 272. The van der Waals surface area contributed by atoms with Gasteiger partial charge in [0.25, 0.3) is 0 Å². The van der Waals surface area contributed by atoms with E-state index in [4.69, 9.17) is 5.73 Å². The first-order valence-electron chi connectivity index (χ1n) is 2.85. The fourth-order valence-electron chi connectivity index (χ4n) is 0.700. The van der Waals surface area contributed by atoms with Gasteiger partial charge in [-0.2, -0.15) is 0 Å². The van der Waals surface area contributed by atoms with E-state index in [9.17, 15) is 9.81 Å². The Morgan fingerprint density at radius 1 is 1.09 bits per heavy atom. The number of nitrogens with two attached hydrogens (primary N) is 1. The second-order valence-electron chi connectivity index (χ2n) is 1.89. The van der Waals surface area contributed by atoms with Crippen molar-refractivity contribution in [3.63, 3.8) is 0 Å². The summed E-state index contributed by atoms with van der Waals surface area (Å²) in [6.45, 7) is 0. The van der Waals surface area contributed by atoms with E-state index in [1.54, 1.807) is 0 Å². The summed E-state index contributed by atoms with van der Waals surface area (Å²) in [5.74, 6) is 0. The zero-order valence-electron chi connectivity index (χ0n) is 5.52. The average molecular weight is 151 g/mol. The van der Waals surface area contributed by atoms with Crippen LogP contribution < -0.4 is 5.73 Å². The molecule has 1 rings (SSSR count). The molecule has 0 fully saturated rings. The summed E-state index contributed by atoms with van der Waals surface area (Å²) in [6.07, 6.45) is 0. The molecule has 5 heteroatoms. The Morgan fingerprint density at radius 3 is 1.91 bits per heavy atom. The summed E-state index contributed by atoms with van der Waals surface area (Å²) in [6, 6.07) is 4.32. The van der Waals surface area contributed by atoms with Gasteiger partial charge in [-0.25, -0.2) is 0 Å². The minimum absolute atomic E-state index is 0.0255. The normalized spacial score (nSPS) is 9.09. The second-order valence-corrected chi connectivity index (χ2v) is 1.89. The third-order valence-corrected chi connectivity index (χ3v) is 1.26. The summed E-state index contributed by atoms with van der Waals surface area (Å²) in [5, 5.41) is 5.21. The molecule has 0 unspecified atom stereocenters. The molecule has 0 aliphatic heterocycles. The Labute approximate surface area is 62.2 Å². The first-order chi connectivity index (χ1) is 5.29. The standard InChI is InChI=1S/C6H5N3O2/c7-6-4(8-10)2-1-3-5(6)9-11/h1-3H,7H2. The molecule has 0 heterocycles. The Balaban J connectivity index is 3.30. The third kappa shape index (κ3) is 1.21. The molecule has 0 atom stereocenters. The highest BCUT2D eigenvalue weighted by Gasteiger charge is 2.03. The van der Waals surface area contributed by atoms with Gasteiger partial charge in [-0.1, -0.05) is 6.07 Å². The summed E-state index contributed by atoms with van der Waals surface area (Å²) >= 11 is 0. The SMILES string of the molecule is Nc1c(N=O)cccc1N=O. The predicted molar refractivity (Wildman–Crippen MR) is 41.8 cm³/mol. The minimum atomic E-state index is 0.0255. The first-order valence-corrected chi connectivity index (χ1v) is 2.85. The second kappa shape index (κ2) is 2.87. The molecule has 0 spiro atoms. The third-order valence-electron chi connectivity index (χ3n) is 1.26. The number of benzene rings is 1. The van der Waals surface area contributed by atoms with Crippen molar-refractivity contribution in [2.75, 3.05) is 5.73 Å². The number of nitroso groups, excluding NO2 is 2. The van der Waals surface area contributed by atoms with Crippen molar-refractivity contribution in [2.24, 2.45) is 10.4 Å². The lowest BCUT2D eigenvalue weighted by molar-refractivity contribution is 1.44. The molecule has 2 N–H and O–H groups in total. The van der Waals surface area contributed by atoms with Crippen LogP contribution in [0.3, 0.4) is 0 Å². The van der Waals surface area contributed by atoms with Gasteiger partial charge in [0.15, 0.2) is 0 Å². The Kier molecular flexibility index (Phi) is 1.91. The molecule has 0 saturated carbocycles. The van der Waals surface area contributed by atoms with Crippen molar-refractivity contribution in [1.82, 2.24) is 0 Å². The number of rotatable bonds is 2. The van der Waals surface area contributed by atoms with E-state index in [-0.39, 0.29) is 17.1 Å². The van der Waals surface area contributed by atoms with Crippen LogP contribution >= 0.6 is 0 Å². The van der Waals surface area contributed by atoms with E-state index >= 15 is 0 Å². The van der Waals surface area contributed by atoms with Crippen molar-refractivity contribution in [1.29, 1.82) is 0 Å². The monoisotopic (exact) mass is 151 g/mol. The maximum absolute atomic E-state index is 10.0. The maximum Gasteiger partial charge on any atom is 0.133 e. The number of hydrogen-bond donors (Lipinski definition) is 1. The fourth-order valence-corrected chi connectivity index (χ4v) is 0.700. The number of para-hydroxylation sites is 1. The van der Waals surface area contributed by atoms with E-state index in [0.717, 1.165) is 0 Å². The van der Waals surface area contributed by atoms with Crippen LogP contribution in [0.15, 0.2) is 28.6 Å². The molecule has 0 saturated heterocycles. The molecule has 0 bridgehead atoms. The first kappa shape index (κ1) is 7.33. The van der Waals surface area contributed by atoms with Crippen LogP contribution in [0.4, 0.5) is 17.1 Å². The van der Waals surface area contributed by atoms with Crippen molar-refractivity contribution < 1.29 is 0 Å². The van der Waals surface area contributed by atoms with Crippen LogP contribution in [0.25, 0.3) is 0 Å². The van der Waals surface area contributed by atoms with Crippen LogP contribution in [-0.2, 0) is 0 Å². The summed E-state index contributed by atoms with van der Waals surface area (Å²) in [5.41, 5.74) is 5.43. The molecule has 0 aromatic heterocycles. The molecular weight excluding hydrogens is 146 g/mol. The Hall–Kier alpha value is -1.78. The van der Waals surface area contributed by atoms with E-state index in [2.05, 4.69) is 10.4 Å². The van der Waals surface area contributed by atoms with Gasteiger partial charge in [-0.3, -0.25) is 0 Å². The lowest BCUT2D eigenvalue weighted by Gasteiger charge is -1.96. The van der Waals surface area contributed by atoms with Crippen molar-refractivity contribution in [3.8, 4) is 0 Å². The van der Waals surface area contributed by atoms with E-state index in [0.29, 0.717) is 0 Å². The van der Waals surface area contributed by atoms with Gasteiger partial charge in [-0.05, 0) is 22.5 Å². The number of hydrogen-bond acceptors (Lipinski definition) is 5. The summed E-state index contributed by atoms with van der Waals surface area (Å²) < 4.78 is 0. The molecule has 11 heavy (non-hydrogen) atoms. The van der Waals surface area contributed by atoms with Crippen molar-refractivity contribution >= 4 is 17.1 Å². The van der Waals surface area contributed by atoms with E-state index in [1.165, 1.54) is 18.2 Å². The molecule has 0 aliphatic carbocycles. The van der Waals surface area contributed by atoms with Gasteiger partial charge >= 0.3 is 0 Å². The molecule has 0 amide bonds. The van der Waals surface area contributed by atoms with Gasteiger partial charge < -0.3 is 5.73 Å². The van der Waals surface area contributed by atoms with E-state index < -0.39 is 0 Å². The largest absolute Gasteiger partial charge is 0.395 e. The van der Waals surface area contributed by atoms with Crippen LogP contribution in [-0.4, -0.2) is 0 Å². The minimum Gasteiger partial charge on any atom is -0.395 e. The molecule has 0 radical (unpaired) electrons. The van der Waals surface area contributed by atoms with Gasteiger partial charge in [0.1, 0.15) is 11.4 Å². The fraction of sp³-hybridized carbons (Fsp3) is 0. The van der Waals surface area contributed by atoms with Crippen molar-refractivity contribution in [2.45, 2.75) is 0 Å². The smallest absolute Gasteiger partial charge is 0.133 e. The quantitative estimate of drug-likeness (QED) is 0.518. The van der Waals surface area contributed by atoms with Gasteiger partial charge in [0.2, 0.25) is 0 Å². The zero-order valence-corrected chi connectivity index (χ0v) is 5.52.